The van der Waals surface area contributed by atoms with Gasteiger partial charge in [0.25, 0.3) is 0 Å². The van der Waals surface area contributed by atoms with Gasteiger partial charge in [0.15, 0.2) is 6.29 Å². The van der Waals surface area contributed by atoms with Crippen molar-refractivity contribution in [2.45, 2.75) is 55.9 Å². The van der Waals surface area contributed by atoms with Gasteiger partial charge in [-0.05, 0) is 76.5 Å². The van der Waals surface area contributed by atoms with E-state index in [4.69, 9.17) is 15.2 Å². The lowest BCUT2D eigenvalue weighted by Gasteiger charge is -2.36. The maximum absolute atomic E-state index is 12.8. The van der Waals surface area contributed by atoms with Gasteiger partial charge in [-0.15, -0.1) is 5.10 Å². The van der Waals surface area contributed by atoms with Crippen LogP contribution in [0.3, 0.4) is 0 Å². The van der Waals surface area contributed by atoms with Crippen molar-refractivity contribution in [2.75, 3.05) is 22.1 Å². The summed E-state index contributed by atoms with van der Waals surface area (Å²) in [6.45, 7) is -0.0545. The van der Waals surface area contributed by atoms with Crippen LogP contribution in [0, 0.1) is 0 Å². The van der Waals surface area contributed by atoms with Gasteiger partial charge in [-0.3, -0.25) is 9.59 Å². The first-order chi connectivity index (χ1) is 24.3. The van der Waals surface area contributed by atoms with E-state index in [1.807, 2.05) is 42.5 Å². The molecular weight excluding hydrogens is 659 g/mol. The predicted octanol–water partition coefficient (Wildman–Crippen LogP) is 5.53. The summed E-state index contributed by atoms with van der Waals surface area (Å²) in [5, 5.41) is 37.6. The van der Waals surface area contributed by atoms with Crippen molar-refractivity contribution in [3.63, 3.8) is 0 Å². The van der Waals surface area contributed by atoms with E-state index >= 15 is 0 Å². The first kappa shape index (κ1) is 34.6. The van der Waals surface area contributed by atoms with Gasteiger partial charge < -0.3 is 36.1 Å². The summed E-state index contributed by atoms with van der Waals surface area (Å²) in [6.07, 6.45) is -0.0528. The number of benzene rings is 4. The molecule has 0 bridgehead atoms. The highest BCUT2D eigenvalue weighted by Gasteiger charge is 2.33. The van der Waals surface area contributed by atoms with E-state index in [9.17, 15) is 19.8 Å². The molecule has 0 saturated carbocycles. The lowest BCUT2D eigenvalue weighted by atomic mass is 10.0. The molecule has 3 unspecified atom stereocenters. The fraction of sp³-hybridized carbons (Fsp3) is 0.250. The largest absolute Gasteiger partial charge is 0.508 e. The van der Waals surface area contributed by atoms with Gasteiger partial charge in [-0.1, -0.05) is 60.3 Å². The Morgan fingerprint density at radius 2 is 1.66 bits per heavy atom. The summed E-state index contributed by atoms with van der Waals surface area (Å²) in [6, 6.07) is 28.6. The number of nitrogens with one attached hydrogen (secondary N) is 2. The van der Waals surface area contributed by atoms with Gasteiger partial charge in [-0.25, -0.2) is 0 Å². The molecular formula is C36H37N7O6S. The van der Waals surface area contributed by atoms with Crippen LogP contribution < -0.4 is 16.4 Å². The van der Waals surface area contributed by atoms with E-state index in [1.54, 1.807) is 59.3 Å². The average molecular weight is 696 g/mol. The third-order valence-corrected chi connectivity index (χ3v) is 9.08. The van der Waals surface area contributed by atoms with E-state index in [2.05, 4.69) is 26.2 Å². The molecule has 14 heteroatoms. The van der Waals surface area contributed by atoms with Crippen molar-refractivity contribution in [3.8, 4) is 11.4 Å². The summed E-state index contributed by atoms with van der Waals surface area (Å²) >= 11 is 1.44. The molecule has 3 atom stereocenters. The summed E-state index contributed by atoms with van der Waals surface area (Å²) in [5.74, 6) is 0.232. The maximum Gasteiger partial charge on any atom is 0.224 e. The van der Waals surface area contributed by atoms with Crippen LogP contribution in [0.5, 0.6) is 5.75 Å². The molecule has 1 saturated heterocycles. The Morgan fingerprint density at radius 1 is 0.900 bits per heavy atom. The van der Waals surface area contributed by atoms with Gasteiger partial charge in [0, 0.05) is 36.3 Å². The second-order valence-electron chi connectivity index (χ2n) is 11.7. The Bertz CT molecular complexity index is 1900. The number of hydrogen-bond donors (Lipinski definition) is 5. The number of para-hydroxylation sites is 2. The monoisotopic (exact) mass is 695 g/mol. The number of carbonyl (C=O) groups excluding carboxylic acids is 2. The minimum Gasteiger partial charge on any atom is -0.508 e. The van der Waals surface area contributed by atoms with Gasteiger partial charge in [0.05, 0.1) is 35.9 Å². The molecule has 5 aromatic rings. The predicted molar refractivity (Wildman–Crippen MR) is 188 cm³/mol. The first-order valence-electron chi connectivity index (χ1n) is 16.1. The molecule has 13 nitrogen and oxygen atoms in total. The fourth-order valence-electron chi connectivity index (χ4n) is 5.43. The number of carbonyl (C=O) groups is 2. The number of amides is 2. The van der Waals surface area contributed by atoms with Crippen LogP contribution >= 0.6 is 11.8 Å². The number of nitrogen functional groups attached to an aromatic ring is 1. The number of tetrazole rings is 1. The van der Waals surface area contributed by atoms with Crippen LogP contribution in [0.2, 0.25) is 0 Å². The van der Waals surface area contributed by atoms with Gasteiger partial charge in [0.1, 0.15) is 5.75 Å². The molecule has 4 aromatic carbocycles. The molecule has 1 aliphatic heterocycles. The van der Waals surface area contributed by atoms with Crippen molar-refractivity contribution >= 4 is 40.6 Å². The second kappa shape index (κ2) is 16.4. The number of phenolic OH excluding ortho intramolecular Hbond substituents is 1. The van der Waals surface area contributed by atoms with Crippen LogP contribution in [-0.2, 0) is 25.7 Å². The van der Waals surface area contributed by atoms with E-state index < -0.39 is 6.29 Å². The smallest absolute Gasteiger partial charge is 0.224 e. The zero-order valence-corrected chi connectivity index (χ0v) is 27.8. The molecule has 50 heavy (non-hydrogen) atoms. The van der Waals surface area contributed by atoms with Crippen molar-refractivity contribution in [3.05, 3.63) is 114 Å². The summed E-state index contributed by atoms with van der Waals surface area (Å²) < 4.78 is 14.6. The lowest BCUT2D eigenvalue weighted by molar-refractivity contribution is -0.245. The number of aliphatic hydroxyl groups excluding tert-OH is 1. The Kier molecular flexibility index (Phi) is 11.4. The van der Waals surface area contributed by atoms with Crippen molar-refractivity contribution in [1.82, 2.24) is 20.2 Å². The number of anilines is 3. The highest BCUT2D eigenvalue weighted by Crippen LogP contribution is 2.40. The van der Waals surface area contributed by atoms with Gasteiger partial charge in [0.2, 0.25) is 17.0 Å². The molecule has 0 radical (unpaired) electrons. The Morgan fingerprint density at radius 3 is 2.42 bits per heavy atom. The number of aromatic hydroxyl groups is 1. The second-order valence-corrected chi connectivity index (χ2v) is 12.7. The number of ether oxygens (including phenoxy) is 2. The number of phenols is 1. The number of rotatable bonds is 13. The molecule has 1 fully saturated rings. The van der Waals surface area contributed by atoms with Crippen LogP contribution in [0.15, 0.2) is 102 Å². The van der Waals surface area contributed by atoms with Crippen molar-refractivity contribution in [1.29, 1.82) is 0 Å². The van der Waals surface area contributed by atoms with E-state index in [0.29, 0.717) is 46.5 Å². The molecule has 1 aliphatic rings. The Balaban J connectivity index is 1.10. The summed E-state index contributed by atoms with van der Waals surface area (Å²) in [7, 11) is 0. The molecule has 1 aromatic heterocycles. The van der Waals surface area contributed by atoms with Crippen LogP contribution in [0.1, 0.15) is 54.8 Å². The Hall–Kier alpha value is -5.28. The minimum absolute atomic E-state index is 0.0545. The van der Waals surface area contributed by atoms with E-state index in [-0.39, 0.29) is 49.2 Å². The lowest BCUT2D eigenvalue weighted by Crippen LogP contribution is -2.31. The van der Waals surface area contributed by atoms with Gasteiger partial charge in [-0.2, -0.15) is 4.68 Å². The average Bonchev–Trinajstić information content (AvgIpc) is 3.61. The Labute approximate surface area is 292 Å². The van der Waals surface area contributed by atoms with Crippen LogP contribution in [-0.4, -0.2) is 54.1 Å². The zero-order valence-electron chi connectivity index (χ0n) is 27.0. The van der Waals surface area contributed by atoms with Crippen LogP contribution in [0.4, 0.5) is 17.1 Å². The zero-order chi connectivity index (χ0) is 34.9. The number of thioether (sulfide) groups is 1. The molecule has 0 spiro atoms. The standard InChI is InChI=1S/C36H37N7O6S/c37-30-7-1-2-8-31(30)39-34(47)10-4-9-33(46)38-26-6-3-5-25(19-26)35-48-29(20-32(49-35)24-13-11-23(21-44)12-14-24)22-50-36-40-41-42-43(36)27-15-17-28(45)18-16-27/h1-3,5-8,11-19,29,32,35,44-45H,4,9-10,20-22,37H2,(H,38,46)(H,39,47). The number of aliphatic hydroxyl groups is 1. The minimum atomic E-state index is -0.740. The van der Waals surface area contributed by atoms with E-state index in [0.717, 1.165) is 16.7 Å². The summed E-state index contributed by atoms with van der Waals surface area (Å²) in [5.41, 5.74) is 10.7. The number of hydrogen-bond acceptors (Lipinski definition) is 11. The molecule has 6 rings (SSSR count). The van der Waals surface area contributed by atoms with Crippen molar-refractivity contribution in [2.24, 2.45) is 0 Å². The van der Waals surface area contributed by atoms with Crippen LogP contribution in [0.25, 0.3) is 5.69 Å². The maximum atomic E-state index is 12.8. The number of nitrogens with two attached hydrogens (primary N) is 1. The third-order valence-electron chi connectivity index (χ3n) is 8.03. The normalized spacial score (nSPS) is 17.3. The molecule has 0 aliphatic carbocycles. The highest BCUT2D eigenvalue weighted by atomic mass is 32.2. The molecule has 2 heterocycles. The quantitative estimate of drug-likeness (QED) is 0.0770. The van der Waals surface area contributed by atoms with Crippen molar-refractivity contribution < 1.29 is 29.3 Å². The summed E-state index contributed by atoms with van der Waals surface area (Å²) in [4.78, 5) is 25.2. The number of nitrogens with zero attached hydrogens (tertiary/aromatic N) is 4. The molecule has 258 valence electrons. The SMILES string of the molecule is Nc1ccccc1NC(=O)CCCC(=O)Nc1cccc(C2OC(CSc3nnnn3-c3ccc(O)cc3)CC(c3ccc(CO)cc3)O2)c1. The van der Waals surface area contributed by atoms with Gasteiger partial charge >= 0.3 is 0 Å². The highest BCUT2D eigenvalue weighted by molar-refractivity contribution is 7.99. The molecule has 6 N–H and O–H groups in total. The topological polar surface area (TPSA) is 187 Å². The molecule has 2 amide bonds. The first-order valence-corrected chi connectivity index (χ1v) is 17.1. The third kappa shape index (κ3) is 9.03. The number of aromatic nitrogens is 4. The fourth-order valence-corrected chi connectivity index (χ4v) is 6.34. The van der Waals surface area contributed by atoms with E-state index in [1.165, 1.54) is 11.8 Å².